The van der Waals surface area contributed by atoms with E-state index in [1.165, 1.54) is 78.5 Å². The number of carbonyl (C=O) groups is 2. The van der Waals surface area contributed by atoms with E-state index >= 15 is 0 Å². The Bertz CT molecular complexity index is 2690. The van der Waals surface area contributed by atoms with E-state index in [1.54, 1.807) is 73.3 Å². The van der Waals surface area contributed by atoms with Crippen LogP contribution in [-0.4, -0.2) is 36.9 Å². The van der Waals surface area contributed by atoms with Crippen molar-refractivity contribution in [2.45, 2.75) is 41.5 Å². The standard InChI is InChI=1S/2C18H15N5O2.6C2H3N.14Mo.42O/c2*24-17-8-7-14-5-1-2-6-15(14)16(17)12-21-23-18(25)22-20-11-13-4-3-9-19-10-13;6*1-2-3;;;;;;;;;;;;;;;;;;;;;;;;;;;;;;;;;;;;;;;;;;;;;;;;;;;;;;;;/h2*1-12,24H,(H2,22,23,25);6*1H3;;;;;;;;;;;;;;;;;;;;;;;;;;;;;;;;;;;;;;;;;;;;;;;;;;;;;;;;/q;;;;;;;;;;;;;;;;;;;;;;42*-2/b2*20-11+,21-12+;;;;;;;;;;;;;;;;;;;;;;;;;;;;;;;;;;;;;;;;;;;;;;;;;;;;;;;;;;;;;;. The van der Waals surface area contributed by atoms with Crippen LogP contribution in [0.1, 0.15) is 63.8 Å². The molecule has 4 aromatic carbocycles. The molecule has 0 radical (unpaired) electrons. The van der Waals surface area contributed by atoms with Crippen molar-refractivity contribution in [3.05, 3.63) is 144 Å². The van der Waals surface area contributed by atoms with E-state index in [0.717, 1.165) is 32.7 Å². The van der Waals surface area contributed by atoms with Crippen LogP contribution < -0.4 is 41.9 Å². The summed E-state index contributed by atoms with van der Waals surface area (Å²) in [5.41, 5.74) is 11.5. The molecule has 2 heterocycles. The van der Waals surface area contributed by atoms with Crippen LogP contribution in [-0.2, 0) is 525 Å². The van der Waals surface area contributed by atoms with Crippen molar-refractivity contribution in [1.82, 2.24) is 21.7 Å². The molecule has 6 rings (SSSR count). The van der Waals surface area contributed by atoms with Gasteiger partial charge in [0, 0.05) is 349 Å². The molecule has 6 N–H and O–H groups in total. The molecule has 124 heavy (non-hydrogen) atoms. The Hall–Kier alpha value is -2.58. The van der Waals surface area contributed by atoms with Crippen molar-refractivity contribution < 1.29 is 555 Å². The minimum absolute atomic E-state index is 0. The maximum Gasteiger partial charge on any atom is 0.355 e. The number of H-pyrrole nitrogens is 2. The van der Waals surface area contributed by atoms with Gasteiger partial charge in [-0.15, -0.1) is 0 Å². The Morgan fingerprint density at radius 2 is 0.427 bits per heavy atom. The Balaban J connectivity index is -0.00000000760. The number of pyridine rings is 2. The third kappa shape index (κ3) is 230. The maximum absolute atomic E-state index is 12.0. The van der Waals surface area contributed by atoms with Crippen LogP contribution in [0, 0.1) is 68.0 Å². The molecule has 2 aromatic heterocycles. The van der Waals surface area contributed by atoms with Crippen molar-refractivity contribution in [1.29, 1.82) is 31.6 Å². The van der Waals surface area contributed by atoms with Gasteiger partial charge in [0.05, 0.1) is 72.4 Å². The number of hydrogen-bond donors (Lipinski definition) is 4. The summed E-state index contributed by atoms with van der Waals surface area (Å²) in [4.78, 5) is 29.1. The normalized spacial score (nSPS) is 4.90. The number of carbonyl (C=O) groups excluding carboxylic acids is 2. The molecule has 0 unspecified atom stereocenters. The zero-order chi connectivity index (χ0) is 51.2. The largest absolute Gasteiger partial charge is 2.00 e. The number of hydrazone groups is 4. The molecule has 0 atom stereocenters. The molecule has 62 nitrogen and oxygen atoms in total. The predicted molar refractivity (Wildman–Crippen MR) is 283 cm³/mol. The monoisotopic (exact) mass is 2950 g/mol. The molecule has 764 valence electrons. The Labute approximate surface area is 910 Å². The summed E-state index contributed by atoms with van der Waals surface area (Å²) >= 11 is 0. The summed E-state index contributed by atoms with van der Waals surface area (Å²) in [5.74, 6) is -0.328. The van der Waals surface area contributed by atoms with E-state index in [0.29, 0.717) is 11.1 Å². The van der Waals surface area contributed by atoms with Crippen LogP contribution in [0.2, 0.25) is 0 Å². The van der Waals surface area contributed by atoms with Crippen molar-refractivity contribution in [3.63, 3.8) is 0 Å². The van der Waals surface area contributed by atoms with Gasteiger partial charge in [-0.2, -0.15) is 52.0 Å². The fraction of sp³-hybridized carbons (Fsp3) is 0.125. The van der Waals surface area contributed by atoms with E-state index in [1.807, 2.05) is 72.8 Å². The van der Waals surface area contributed by atoms with Crippen LogP contribution >= 0.6 is 0 Å². The van der Waals surface area contributed by atoms with Crippen molar-refractivity contribution >= 4 is 58.5 Å². The van der Waals surface area contributed by atoms with Gasteiger partial charge in [-0.3, -0.25) is 0 Å². The third-order valence-electron chi connectivity index (χ3n) is 6.80. The first-order valence-electron chi connectivity index (χ1n) is 19.4. The summed E-state index contributed by atoms with van der Waals surface area (Å²) in [7, 11) is 0. The molecular weight excluding hydrogens is 2880 g/mol. The number of nitrogens with zero attached hydrogens (tertiary/aromatic N) is 10. The number of rotatable bonds is 8. The molecule has 0 aliphatic carbocycles. The van der Waals surface area contributed by atoms with Crippen LogP contribution in [0.15, 0.2) is 142 Å². The number of amides is 4. The van der Waals surface area contributed by atoms with Crippen LogP contribution in [0.5, 0.6) is 11.5 Å². The van der Waals surface area contributed by atoms with Crippen molar-refractivity contribution in [3.8, 4) is 47.9 Å². The topological polar surface area (TPSA) is 1550 Å². The minimum Gasteiger partial charge on any atom is -2.00 e. The molecule has 0 fully saturated rings. The average molecular weight is 2930 g/mol. The van der Waals surface area contributed by atoms with Gasteiger partial charge in [0.15, 0.2) is 24.8 Å². The van der Waals surface area contributed by atoms with E-state index in [4.69, 9.17) is 31.6 Å². The van der Waals surface area contributed by atoms with Gasteiger partial charge in [0.25, 0.3) is 0 Å². The number of urea groups is 2. The molecule has 4 amide bonds. The number of hydrogen-bond acceptors (Lipinski definition) is 14. The fourth-order valence-corrected chi connectivity index (χ4v) is 4.48. The van der Waals surface area contributed by atoms with E-state index in [2.05, 4.69) is 52.1 Å². The molecule has 0 aliphatic rings. The van der Waals surface area contributed by atoms with E-state index < -0.39 is 12.1 Å². The van der Waals surface area contributed by atoms with Gasteiger partial charge in [0.2, 0.25) is 0 Å². The van der Waals surface area contributed by atoms with Crippen molar-refractivity contribution in [2.24, 2.45) is 20.4 Å². The molecular formula is C48H48Mo14N16O46-84. The van der Waals surface area contributed by atoms with Gasteiger partial charge in [-0.25, -0.2) is 41.3 Å². The fourth-order valence-electron chi connectivity index (χ4n) is 4.48. The molecule has 6 aromatic rings. The Morgan fingerprint density at radius 1 is 0.266 bits per heavy atom. The number of nitriles is 6. The average Bonchev–Trinajstić information content (AvgIpc) is 3.33. The quantitative estimate of drug-likeness (QED) is 0.0949. The second-order valence-electron chi connectivity index (χ2n) is 11.6. The molecule has 0 bridgehead atoms. The van der Waals surface area contributed by atoms with Crippen LogP contribution in [0.4, 0.5) is 9.59 Å². The molecule has 76 heteroatoms. The summed E-state index contributed by atoms with van der Waals surface area (Å²) < 4.78 is 0. The SMILES string of the molecule is CC#N.CC#N.CC#N.CC#N.CC#N.CC#N.O=C(N/N=C/c1ccc[nH+]c1)N/N=C/c1c([O-])ccc2ccccc12.O=C(N/N=C/c1ccc[nH+]c1)N/N=C/c1c([O-])ccc2ccccc12.[Mo].[Mo].[Mo].[Mo].[Mo].[Mo].[Mo].[Mo].[Mo].[Mo].[Mo].[Mo].[Mo].[Mo].[O-2].[O-2].[O-2].[O-2].[O-2].[O-2].[O-2].[O-2].[O-2].[O-2].[O-2].[O-2].[O-2].[O-2].[O-2].[O-2].[O-2].[O-2].[O-2].[O-2].[O-2].[O-2].[O-2].[O-2].[O-2].[O-2].[O-2].[O-2].[O-2].[O-2].[O-2].[O-2].[O-2].[O-2].[O-2].[O-2].[O-2].[O-2].[O-2].[O-2].[O-2].[O-2]. The first-order valence-corrected chi connectivity index (χ1v) is 19.4. The molecule has 0 saturated carbocycles. The Kier molecular flexibility index (Phi) is 1120. The molecule has 0 aliphatic heterocycles. The van der Waals surface area contributed by atoms with Gasteiger partial charge in [-0.1, -0.05) is 84.3 Å². The van der Waals surface area contributed by atoms with Crippen molar-refractivity contribution in [2.75, 3.05) is 0 Å². The summed E-state index contributed by atoms with van der Waals surface area (Å²) in [6.07, 6.45) is 12.6. The number of benzene rings is 4. The first-order chi connectivity index (χ1) is 33.0. The number of nitrogens with one attached hydrogen (secondary N) is 6. The summed E-state index contributed by atoms with van der Waals surface area (Å²) in [6, 6.07) is 38.0. The number of aromatic nitrogens is 2. The second-order valence-corrected chi connectivity index (χ2v) is 11.6. The van der Waals surface area contributed by atoms with Gasteiger partial charge >= 0.3 is 12.1 Å². The predicted octanol–water partition coefficient (Wildman–Crippen LogP) is 0.944. The summed E-state index contributed by atoms with van der Waals surface area (Å²) in [5, 5.41) is 86.5. The number of aromatic amines is 2. The van der Waals surface area contributed by atoms with E-state index in [-0.39, 0.29) is 536 Å². The molecule has 0 spiro atoms. The Morgan fingerprint density at radius 3 is 0.589 bits per heavy atom. The molecule has 0 saturated heterocycles. The van der Waals surface area contributed by atoms with E-state index in [9.17, 15) is 19.8 Å². The van der Waals surface area contributed by atoms with Gasteiger partial charge < -0.3 is 240 Å². The van der Waals surface area contributed by atoms with Crippen LogP contribution in [0.3, 0.4) is 0 Å². The minimum atomic E-state index is -0.611. The number of fused-ring (bicyclic) bond motifs is 2. The second kappa shape index (κ2) is 319. The van der Waals surface area contributed by atoms with Gasteiger partial charge in [-0.05, 0) is 44.8 Å². The zero-order valence-electron chi connectivity index (χ0n) is 60.8. The zero-order valence-corrected chi connectivity index (χ0v) is 88.9. The van der Waals surface area contributed by atoms with Crippen LogP contribution in [0.25, 0.3) is 21.5 Å². The maximum atomic E-state index is 12.0. The first kappa shape index (κ1) is 438. The summed E-state index contributed by atoms with van der Waals surface area (Å²) in [6.45, 7) is 8.58. The smallest absolute Gasteiger partial charge is 0.355 e. The third-order valence-corrected chi connectivity index (χ3v) is 6.80. The van der Waals surface area contributed by atoms with Gasteiger partial charge in [0.1, 0.15) is 0 Å².